The zero-order valence-electron chi connectivity index (χ0n) is 14.8. The van der Waals surface area contributed by atoms with Crippen molar-refractivity contribution in [3.63, 3.8) is 0 Å². The average molecular weight is 404 g/mol. The average Bonchev–Trinajstić information content (AvgIpc) is 2.57. The molecule has 0 spiro atoms. The van der Waals surface area contributed by atoms with Gasteiger partial charge in [-0.1, -0.05) is 0 Å². The molecule has 1 aliphatic rings. The van der Waals surface area contributed by atoms with Gasteiger partial charge in [0.05, 0.1) is 6.54 Å². The largest absolute Gasteiger partial charge is 0.449 e. The molecule has 0 aliphatic carbocycles. The van der Waals surface area contributed by atoms with E-state index in [1.807, 2.05) is 0 Å². The minimum Gasteiger partial charge on any atom is -0.333 e. The van der Waals surface area contributed by atoms with Crippen LogP contribution in [0.1, 0.15) is 24.0 Å². The summed E-state index contributed by atoms with van der Waals surface area (Å²) in [7, 11) is 2.53. The van der Waals surface area contributed by atoms with Gasteiger partial charge in [0.15, 0.2) is 0 Å². The zero-order chi connectivity index (χ0) is 20.4. The highest BCUT2D eigenvalue weighted by atomic mass is 31.0. The normalized spacial score (nSPS) is 15.3. The SMILES string of the molecule is Cc1cc(F)c(CCCC(=O)N2CCN(C(=N)C(F)(F)F)C(=N)C2)cc1P. The Morgan fingerprint density at radius 2 is 1.96 bits per heavy atom. The van der Waals surface area contributed by atoms with Crippen molar-refractivity contribution in [3.05, 3.63) is 29.1 Å². The van der Waals surface area contributed by atoms with Crippen molar-refractivity contribution in [2.75, 3.05) is 19.6 Å². The molecule has 1 unspecified atom stereocenters. The highest BCUT2D eigenvalue weighted by molar-refractivity contribution is 7.27. The Morgan fingerprint density at radius 1 is 1.30 bits per heavy atom. The van der Waals surface area contributed by atoms with Crippen LogP contribution in [0.5, 0.6) is 0 Å². The van der Waals surface area contributed by atoms with E-state index in [2.05, 4.69) is 9.24 Å². The summed E-state index contributed by atoms with van der Waals surface area (Å²) in [4.78, 5) is 14.1. The second-order valence-electron chi connectivity index (χ2n) is 6.41. The Hall–Kier alpha value is -2.02. The lowest BCUT2D eigenvalue weighted by atomic mass is 10.0. The Morgan fingerprint density at radius 3 is 2.56 bits per heavy atom. The number of carbonyl (C=O) groups is 1. The Kier molecular flexibility index (Phi) is 6.57. The van der Waals surface area contributed by atoms with Gasteiger partial charge in [-0.25, -0.2) is 4.39 Å². The lowest BCUT2D eigenvalue weighted by Crippen LogP contribution is -2.56. The Balaban J connectivity index is 1.87. The molecule has 1 aromatic carbocycles. The molecular formula is C17H21F4N4OP. The van der Waals surface area contributed by atoms with Gasteiger partial charge in [0, 0.05) is 19.5 Å². The highest BCUT2D eigenvalue weighted by Crippen LogP contribution is 2.21. The molecule has 10 heteroatoms. The van der Waals surface area contributed by atoms with Crippen LogP contribution in [0.3, 0.4) is 0 Å². The predicted octanol–water partition coefficient (Wildman–Crippen LogP) is 2.62. The second-order valence-corrected chi connectivity index (χ2v) is 7.04. The van der Waals surface area contributed by atoms with Gasteiger partial charge in [0.25, 0.3) is 0 Å². The van der Waals surface area contributed by atoms with E-state index in [4.69, 9.17) is 10.8 Å². The smallest absolute Gasteiger partial charge is 0.333 e. The van der Waals surface area contributed by atoms with Gasteiger partial charge in [0.1, 0.15) is 11.7 Å². The third-order valence-electron chi connectivity index (χ3n) is 4.42. The summed E-state index contributed by atoms with van der Waals surface area (Å²) in [5.74, 6) is -2.65. The van der Waals surface area contributed by atoms with Crippen LogP contribution in [0.25, 0.3) is 0 Å². The van der Waals surface area contributed by atoms with E-state index >= 15 is 0 Å². The molecule has 0 radical (unpaired) electrons. The summed E-state index contributed by atoms with van der Waals surface area (Å²) in [6.45, 7) is 1.29. The molecule has 148 valence electrons. The number of alkyl halides is 3. The van der Waals surface area contributed by atoms with E-state index < -0.39 is 17.8 Å². The number of carbonyl (C=O) groups excluding carboxylic acids is 1. The molecule has 0 saturated carbocycles. The lowest BCUT2D eigenvalue weighted by molar-refractivity contribution is -0.131. The van der Waals surface area contributed by atoms with Crippen LogP contribution in [0, 0.1) is 23.6 Å². The molecule has 1 atom stereocenters. The molecule has 1 amide bonds. The molecule has 1 aromatic rings. The van der Waals surface area contributed by atoms with Gasteiger partial charge < -0.3 is 9.80 Å². The topological polar surface area (TPSA) is 71.2 Å². The van der Waals surface area contributed by atoms with E-state index in [1.165, 1.54) is 11.0 Å². The van der Waals surface area contributed by atoms with Crippen LogP contribution in [0.15, 0.2) is 12.1 Å². The van der Waals surface area contributed by atoms with Gasteiger partial charge in [-0.15, -0.1) is 9.24 Å². The number of halogens is 4. The van der Waals surface area contributed by atoms with Crippen molar-refractivity contribution in [3.8, 4) is 0 Å². The number of nitrogens with one attached hydrogen (secondary N) is 2. The van der Waals surface area contributed by atoms with E-state index in [0.717, 1.165) is 10.9 Å². The van der Waals surface area contributed by atoms with E-state index in [0.29, 0.717) is 23.3 Å². The lowest BCUT2D eigenvalue weighted by Gasteiger charge is -2.36. The minimum atomic E-state index is -4.83. The van der Waals surface area contributed by atoms with Gasteiger partial charge in [-0.3, -0.25) is 15.6 Å². The fourth-order valence-corrected chi connectivity index (χ4v) is 3.11. The first-order chi connectivity index (χ1) is 12.5. The van der Waals surface area contributed by atoms with Gasteiger partial charge in [-0.05, 0) is 48.3 Å². The molecule has 0 aromatic heterocycles. The summed E-state index contributed by atoms with van der Waals surface area (Å²) in [6, 6.07) is 3.16. The van der Waals surface area contributed by atoms with Crippen molar-refractivity contribution in [2.45, 2.75) is 32.4 Å². The second kappa shape index (κ2) is 8.33. The first-order valence-corrected chi connectivity index (χ1v) is 8.91. The van der Waals surface area contributed by atoms with E-state index in [1.54, 1.807) is 13.0 Å². The van der Waals surface area contributed by atoms with Crippen LogP contribution >= 0.6 is 9.24 Å². The van der Waals surface area contributed by atoms with E-state index in [-0.39, 0.29) is 37.8 Å². The summed E-state index contributed by atoms with van der Waals surface area (Å²) in [5, 5.41) is 15.7. The number of amidine groups is 2. The maximum Gasteiger partial charge on any atom is 0.449 e. The molecule has 1 fully saturated rings. The van der Waals surface area contributed by atoms with Crippen LogP contribution in [0.2, 0.25) is 0 Å². The van der Waals surface area contributed by atoms with Crippen molar-refractivity contribution < 1.29 is 22.4 Å². The zero-order valence-corrected chi connectivity index (χ0v) is 15.9. The molecule has 27 heavy (non-hydrogen) atoms. The minimum absolute atomic E-state index is 0.00825. The number of hydrogen-bond donors (Lipinski definition) is 2. The Bertz CT molecular complexity index is 766. The standard InChI is InChI=1S/C17H21F4N4OP/c1-10-7-12(18)11(8-13(10)27)3-2-4-15(26)24-5-6-25(14(22)9-24)16(23)17(19,20)21/h7-8,22-23H,2-6,9,27H2,1H3. The maximum atomic E-state index is 13.9. The quantitative estimate of drug-likeness (QED) is 0.351. The van der Waals surface area contributed by atoms with Crippen molar-refractivity contribution in [1.29, 1.82) is 10.8 Å². The third-order valence-corrected chi connectivity index (χ3v) is 5.04. The summed E-state index contributed by atoms with van der Waals surface area (Å²) in [5.41, 5.74) is 1.33. The highest BCUT2D eigenvalue weighted by Gasteiger charge is 2.41. The number of benzene rings is 1. The molecule has 1 heterocycles. The van der Waals surface area contributed by atoms with Gasteiger partial charge >= 0.3 is 6.18 Å². The van der Waals surface area contributed by atoms with Crippen LogP contribution < -0.4 is 5.30 Å². The van der Waals surface area contributed by atoms with Crippen LogP contribution in [0.4, 0.5) is 17.6 Å². The van der Waals surface area contributed by atoms with Crippen molar-refractivity contribution >= 4 is 32.1 Å². The van der Waals surface area contributed by atoms with Crippen LogP contribution in [-0.4, -0.2) is 53.2 Å². The molecule has 0 bridgehead atoms. The Labute approximate surface area is 156 Å². The molecular weight excluding hydrogens is 383 g/mol. The van der Waals surface area contributed by atoms with Gasteiger partial charge in [0.2, 0.25) is 11.7 Å². The van der Waals surface area contributed by atoms with Crippen molar-refractivity contribution in [1.82, 2.24) is 9.80 Å². The molecule has 1 aliphatic heterocycles. The number of nitrogens with zero attached hydrogens (tertiary/aromatic N) is 2. The number of amides is 1. The fraction of sp³-hybridized carbons (Fsp3) is 0.471. The maximum absolute atomic E-state index is 13.9. The number of rotatable bonds is 4. The molecule has 5 nitrogen and oxygen atoms in total. The summed E-state index contributed by atoms with van der Waals surface area (Å²) in [6.07, 6.45) is -3.94. The van der Waals surface area contributed by atoms with Crippen molar-refractivity contribution in [2.24, 2.45) is 0 Å². The third kappa shape index (κ3) is 5.25. The monoisotopic (exact) mass is 404 g/mol. The summed E-state index contributed by atoms with van der Waals surface area (Å²) >= 11 is 0. The predicted molar refractivity (Wildman–Crippen MR) is 98.2 cm³/mol. The number of aryl methyl sites for hydroxylation is 2. The molecule has 2 rings (SSSR count). The fourth-order valence-electron chi connectivity index (χ4n) is 2.83. The number of hydrogen-bond acceptors (Lipinski definition) is 3. The summed E-state index contributed by atoms with van der Waals surface area (Å²) < 4.78 is 51.7. The van der Waals surface area contributed by atoms with Gasteiger partial charge in [-0.2, -0.15) is 13.2 Å². The van der Waals surface area contributed by atoms with Crippen LogP contribution in [-0.2, 0) is 11.2 Å². The first kappa shape index (κ1) is 21.3. The molecule has 1 saturated heterocycles. The molecule has 2 N–H and O–H groups in total. The number of piperazine rings is 1. The van der Waals surface area contributed by atoms with E-state index in [9.17, 15) is 22.4 Å². The first-order valence-electron chi connectivity index (χ1n) is 8.33.